The molecule has 5 heteroatoms. The first kappa shape index (κ1) is 19.9. The number of carboxylic acids is 1. The molecule has 26 heavy (non-hydrogen) atoms. The zero-order chi connectivity index (χ0) is 19.3. The van der Waals surface area contributed by atoms with Crippen molar-refractivity contribution >= 4 is 11.8 Å². The Kier molecular flexibility index (Phi) is 6.75. The second-order valence-corrected chi connectivity index (χ2v) is 6.60. The number of carboxylic acid groups (broad SMARTS) is 1. The molecule has 0 aliphatic heterocycles. The number of carbonyl (C=O) groups is 2. The molecular formula is C21H28N2O3. The number of aromatic nitrogens is 1. The normalized spacial score (nSPS) is 11.1. The van der Waals surface area contributed by atoms with Gasteiger partial charge in [0.25, 0.3) is 0 Å². The number of aliphatic carboxylic acids is 1. The van der Waals surface area contributed by atoms with Crippen molar-refractivity contribution in [3.63, 3.8) is 0 Å². The molecule has 0 amide bonds. The van der Waals surface area contributed by atoms with Crippen LogP contribution in [0.15, 0.2) is 30.3 Å². The molecule has 1 aromatic heterocycles. The minimum Gasteiger partial charge on any atom is -0.481 e. The van der Waals surface area contributed by atoms with Gasteiger partial charge in [0, 0.05) is 24.8 Å². The zero-order valence-corrected chi connectivity index (χ0v) is 16.1. The topological polar surface area (TPSA) is 62.5 Å². The molecule has 0 unspecified atom stereocenters. The van der Waals surface area contributed by atoms with Gasteiger partial charge in [0.15, 0.2) is 0 Å². The van der Waals surface area contributed by atoms with Crippen LogP contribution in [-0.4, -0.2) is 46.0 Å². The first-order valence-electron chi connectivity index (χ1n) is 9.10. The summed E-state index contributed by atoms with van der Waals surface area (Å²) in [6, 6.07) is 9.32. The van der Waals surface area contributed by atoms with Gasteiger partial charge in [0.1, 0.15) is 0 Å². The number of ketones is 1. The van der Waals surface area contributed by atoms with Crippen LogP contribution in [0.1, 0.15) is 46.7 Å². The van der Waals surface area contributed by atoms with E-state index in [1.165, 1.54) is 0 Å². The molecule has 140 valence electrons. The Morgan fingerprint density at radius 2 is 1.73 bits per heavy atom. The Labute approximate surface area is 155 Å². The molecule has 1 heterocycles. The maximum Gasteiger partial charge on any atom is 0.309 e. The summed E-state index contributed by atoms with van der Waals surface area (Å²) >= 11 is 0. The Hall–Kier alpha value is -2.40. The average Bonchev–Trinajstić information content (AvgIpc) is 2.92. The molecule has 2 aromatic rings. The third kappa shape index (κ3) is 4.61. The molecule has 0 fully saturated rings. The van der Waals surface area contributed by atoms with Crippen LogP contribution < -0.4 is 0 Å². The molecule has 0 atom stereocenters. The van der Waals surface area contributed by atoms with Crippen LogP contribution in [-0.2, 0) is 24.7 Å². The second-order valence-electron chi connectivity index (χ2n) is 6.60. The number of aryl methyl sites for hydroxylation is 1. The van der Waals surface area contributed by atoms with Gasteiger partial charge in [-0.25, -0.2) is 0 Å². The van der Waals surface area contributed by atoms with E-state index in [0.717, 1.165) is 37.2 Å². The van der Waals surface area contributed by atoms with E-state index in [1.807, 2.05) is 37.3 Å². The average molecular weight is 356 g/mol. The number of nitrogens with zero attached hydrogens (tertiary/aromatic N) is 2. The molecule has 1 aromatic carbocycles. The van der Waals surface area contributed by atoms with E-state index in [0.29, 0.717) is 17.0 Å². The third-order valence-electron chi connectivity index (χ3n) is 4.90. The summed E-state index contributed by atoms with van der Waals surface area (Å²) in [4.78, 5) is 26.5. The monoisotopic (exact) mass is 356 g/mol. The lowest BCUT2D eigenvalue weighted by molar-refractivity contribution is -0.136. The summed E-state index contributed by atoms with van der Waals surface area (Å²) in [5.41, 5.74) is 3.91. The summed E-state index contributed by atoms with van der Waals surface area (Å²) in [5.74, 6) is -0.960. The molecule has 0 saturated heterocycles. The maximum atomic E-state index is 12.9. The van der Waals surface area contributed by atoms with Gasteiger partial charge in [0.2, 0.25) is 5.78 Å². The third-order valence-corrected chi connectivity index (χ3v) is 4.90. The number of benzene rings is 1. The lowest BCUT2D eigenvalue weighted by Gasteiger charge is -2.17. The Bertz CT molecular complexity index is 771. The van der Waals surface area contributed by atoms with Crippen LogP contribution in [0.5, 0.6) is 0 Å². The van der Waals surface area contributed by atoms with Crippen molar-refractivity contribution in [2.75, 3.05) is 19.6 Å². The largest absolute Gasteiger partial charge is 0.481 e. The first-order chi connectivity index (χ1) is 12.4. The molecule has 0 bridgehead atoms. The van der Waals surface area contributed by atoms with Gasteiger partial charge in [-0.1, -0.05) is 43.7 Å². The van der Waals surface area contributed by atoms with Gasteiger partial charge in [-0.2, -0.15) is 0 Å². The van der Waals surface area contributed by atoms with Gasteiger partial charge in [-0.3, -0.25) is 9.59 Å². The molecule has 0 radical (unpaired) electrons. The predicted molar refractivity (Wildman–Crippen MR) is 103 cm³/mol. The smallest absolute Gasteiger partial charge is 0.309 e. The summed E-state index contributed by atoms with van der Waals surface area (Å²) < 4.78 is 1.74. The lowest BCUT2D eigenvalue weighted by atomic mass is 10.1. The SMILES string of the molecule is CCN(CC)CCc1cc(C(=O)c2ccc(C)cc2)n(C)c1CC(=O)O. The number of likely N-dealkylation sites (N-methyl/N-ethyl adjacent to an activating group) is 1. The van der Waals surface area contributed by atoms with Crippen molar-refractivity contribution in [1.82, 2.24) is 9.47 Å². The Balaban J connectivity index is 2.35. The van der Waals surface area contributed by atoms with Crippen LogP contribution in [0.3, 0.4) is 0 Å². The highest BCUT2D eigenvalue weighted by molar-refractivity contribution is 6.08. The van der Waals surface area contributed by atoms with Gasteiger partial charge in [-0.15, -0.1) is 0 Å². The van der Waals surface area contributed by atoms with Crippen molar-refractivity contribution < 1.29 is 14.7 Å². The van der Waals surface area contributed by atoms with Crippen molar-refractivity contribution in [3.05, 3.63) is 58.4 Å². The molecule has 2 rings (SSSR count). The lowest BCUT2D eigenvalue weighted by Crippen LogP contribution is -2.25. The summed E-state index contributed by atoms with van der Waals surface area (Å²) in [5, 5.41) is 9.27. The van der Waals surface area contributed by atoms with Crippen LogP contribution in [0.2, 0.25) is 0 Å². The molecule has 0 aliphatic carbocycles. The minimum absolute atomic E-state index is 0.0757. The van der Waals surface area contributed by atoms with Crippen LogP contribution in [0.25, 0.3) is 0 Å². The second kappa shape index (κ2) is 8.81. The zero-order valence-electron chi connectivity index (χ0n) is 16.1. The standard InChI is InChI=1S/C21H28N2O3/c1-5-23(6-2)12-11-17-13-19(22(4)18(17)14-20(24)25)21(26)16-9-7-15(3)8-10-16/h7-10,13H,5-6,11-12,14H2,1-4H3,(H,24,25). The van der Waals surface area contributed by atoms with Crippen molar-refractivity contribution in [2.45, 2.75) is 33.6 Å². The van der Waals surface area contributed by atoms with Crippen LogP contribution in [0, 0.1) is 6.92 Å². The molecule has 0 spiro atoms. The minimum atomic E-state index is -0.885. The fourth-order valence-corrected chi connectivity index (χ4v) is 3.19. The van der Waals surface area contributed by atoms with E-state index in [4.69, 9.17) is 0 Å². The fourth-order valence-electron chi connectivity index (χ4n) is 3.19. The molecule has 1 N–H and O–H groups in total. The van der Waals surface area contributed by atoms with Crippen molar-refractivity contribution in [2.24, 2.45) is 7.05 Å². The highest BCUT2D eigenvalue weighted by Crippen LogP contribution is 2.20. The molecule has 5 nitrogen and oxygen atoms in total. The Morgan fingerprint density at radius 3 is 2.27 bits per heavy atom. The fraction of sp³-hybridized carbons (Fsp3) is 0.429. The molecular weight excluding hydrogens is 328 g/mol. The maximum absolute atomic E-state index is 12.9. The molecule has 0 aliphatic rings. The van der Waals surface area contributed by atoms with Crippen LogP contribution in [0.4, 0.5) is 0 Å². The van der Waals surface area contributed by atoms with Gasteiger partial charge in [0.05, 0.1) is 12.1 Å². The van der Waals surface area contributed by atoms with E-state index in [9.17, 15) is 14.7 Å². The number of rotatable bonds is 9. The Morgan fingerprint density at radius 1 is 1.12 bits per heavy atom. The number of hydrogen-bond acceptors (Lipinski definition) is 3. The predicted octanol–water partition coefficient (Wildman–Crippen LogP) is 3.08. The van der Waals surface area contributed by atoms with E-state index in [1.54, 1.807) is 11.6 Å². The summed E-state index contributed by atoms with van der Waals surface area (Å²) in [7, 11) is 1.78. The van der Waals surface area contributed by atoms with Crippen molar-refractivity contribution in [3.8, 4) is 0 Å². The quantitative estimate of drug-likeness (QED) is 0.702. The van der Waals surface area contributed by atoms with Crippen molar-refractivity contribution in [1.29, 1.82) is 0 Å². The first-order valence-corrected chi connectivity index (χ1v) is 9.10. The summed E-state index contributed by atoms with van der Waals surface area (Å²) in [6.07, 6.45) is 0.657. The molecule has 0 saturated carbocycles. The van der Waals surface area contributed by atoms with E-state index in [2.05, 4.69) is 18.7 Å². The van der Waals surface area contributed by atoms with E-state index >= 15 is 0 Å². The number of hydrogen-bond donors (Lipinski definition) is 1. The van der Waals surface area contributed by atoms with Crippen LogP contribution >= 0.6 is 0 Å². The summed E-state index contributed by atoms with van der Waals surface area (Å²) in [6.45, 7) is 8.95. The van der Waals surface area contributed by atoms with E-state index < -0.39 is 5.97 Å². The van der Waals surface area contributed by atoms with E-state index in [-0.39, 0.29) is 12.2 Å². The van der Waals surface area contributed by atoms with Gasteiger partial charge >= 0.3 is 5.97 Å². The highest BCUT2D eigenvalue weighted by atomic mass is 16.4. The number of carbonyl (C=O) groups excluding carboxylic acids is 1. The van der Waals surface area contributed by atoms with Gasteiger partial charge < -0.3 is 14.6 Å². The van der Waals surface area contributed by atoms with Gasteiger partial charge in [-0.05, 0) is 38.1 Å². The highest BCUT2D eigenvalue weighted by Gasteiger charge is 2.20.